The molecule has 2 rings (SSSR count). The van der Waals surface area contributed by atoms with Gasteiger partial charge in [-0.3, -0.25) is 0 Å². The van der Waals surface area contributed by atoms with Gasteiger partial charge in [0.25, 0.3) is 0 Å². The van der Waals surface area contributed by atoms with Crippen molar-refractivity contribution >= 4 is 11.4 Å². The number of rotatable bonds is 19. The molecule has 0 unspecified atom stereocenters. The number of anilines is 2. The number of aliphatic hydroxyl groups excluding tert-OH is 1. The lowest BCUT2D eigenvalue weighted by molar-refractivity contribution is 0.282. The maximum absolute atomic E-state index is 8.76. The zero-order valence-corrected chi connectivity index (χ0v) is 19.7. The highest BCUT2D eigenvalue weighted by atomic mass is 16.2. The Labute approximate surface area is 191 Å². The second-order valence-electron chi connectivity index (χ2n) is 8.96. The molecular weight excluding hydrogens is 378 g/mol. The Hall–Kier alpha value is -1.80. The minimum absolute atomic E-state index is 0.362. The van der Waals surface area contributed by atoms with E-state index < -0.39 is 0 Å². The highest BCUT2D eigenvalue weighted by Crippen LogP contribution is 2.18. The first-order chi connectivity index (χ1) is 15.4. The van der Waals surface area contributed by atoms with Gasteiger partial charge in [-0.05, 0) is 49.1 Å². The van der Waals surface area contributed by atoms with Gasteiger partial charge in [-0.1, -0.05) is 114 Å². The number of benzene rings is 2. The van der Waals surface area contributed by atoms with E-state index in [0.717, 1.165) is 17.8 Å². The zero-order valence-electron chi connectivity index (χ0n) is 19.7. The number of para-hydroxylation sites is 1. The molecule has 2 nitrogen and oxygen atoms in total. The molecule has 0 saturated heterocycles. The maximum Gasteiger partial charge on any atom is 0.0431 e. The van der Waals surface area contributed by atoms with Crippen molar-refractivity contribution in [2.24, 2.45) is 0 Å². The molecule has 31 heavy (non-hydrogen) atoms. The predicted molar refractivity (Wildman–Crippen MR) is 136 cm³/mol. The maximum atomic E-state index is 8.76. The van der Waals surface area contributed by atoms with Gasteiger partial charge in [0.15, 0.2) is 0 Å². The highest BCUT2D eigenvalue weighted by Gasteiger charge is 1.98. The number of unbranched alkanes of at least 4 members (excludes halogenated alkanes) is 14. The Morgan fingerprint density at radius 2 is 0.871 bits per heavy atom. The van der Waals surface area contributed by atoms with Gasteiger partial charge in [-0.25, -0.2) is 0 Å². The molecule has 0 fully saturated rings. The van der Waals surface area contributed by atoms with Crippen LogP contribution in [0.2, 0.25) is 0 Å². The lowest BCUT2D eigenvalue weighted by atomic mass is 10.0. The lowest BCUT2D eigenvalue weighted by Crippen LogP contribution is -1.91. The van der Waals surface area contributed by atoms with Crippen LogP contribution in [0.25, 0.3) is 0 Å². The van der Waals surface area contributed by atoms with E-state index in [2.05, 4.69) is 53.8 Å². The van der Waals surface area contributed by atoms with Crippen LogP contribution in [0.15, 0.2) is 54.6 Å². The third-order valence-electron chi connectivity index (χ3n) is 6.14. The molecule has 0 aromatic heterocycles. The fraction of sp³-hybridized carbons (Fsp3) is 0.586. The molecule has 2 heteroatoms. The van der Waals surface area contributed by atoms with Crippen LogP contribution in [-0.2, 0) is 6.42 Å². The molecule has 172 valence electrons. The minimum Gasteiger partial charge on any atom is -0.396 e. The van der Waals surface area contributed by atoms with E-state index in [1.165, 1.54) is 102 Å². The third-order valence-corrected chi connectivity index (χ3v) is 6.14. The van der Waals surface area contributed by atoms with E-state index >= 15 is 0 Å². The fourth-order valence-corrected chi connectivity index (χ4v) is 4.18. The molecule has 0 atom stereocenters. The Morgan fingerprint density at radius 3 is 1.35 bits per heavy atom. The second kappa shape index (κ2) is 17.8. The topological polar surface area (TPSA) is 32.3 Å². The Bertz CT molecular complexity index is 638. The average molecular weight is 424 g/mol. The van der Waals surface area contributed by atoms with Crippen molar-refractivity contribution in [2.75, 3.05) is 11.9 Å². The van der Waals surface area contributed by atoms with Crippen LogP contribution in [0, 0.1) is 0 Å². The SMILES string of the molecule is OCCCCCCCCCCCCCCCCCc1ccc(Nc2ccccc2)cc1. The highest BCUT2D eigenvalue weighted by molar-refractivity contribution is 5.59. The summed E-state index contributed by atoms with van der Waals surface area (Å²) >= 11 is 0. The van der Waals surface area contributed by atoms with Gasteiger partial charge in [-0.15, -0.1) is 0 Å². The minimum atomic E-state index is 0.362. The summed E-state index contributed by atoms with van der Waals surface area (Å²) in [6.07, 6.45) is 21.4. The van der Waals surface area contributed by atoms with Crippen molar-refractivity contribution in [2.45, 2.75) is 103 Å². The smallest absolute Gasteiger partial charge is 0.0431 e. The summed E-state index contributed by atoms with van der Waals surface area (Å²) in [6.45, 7) is 0.362. The predicted octanol–water partition coefficient (Wildman–Crippen LogP) is 8.82. The average Bonchev–Trinajstić information content (AvgIpc) is 2.80. The first-order valence-corrected chi connectivity index (χ1v) is 12.9. The van der Waals surface area contributed by atoms with Crippen molar-refractivity contribution in [1.29, 1.82) is 0 Å². The lowest BCUT2D eigenvalue weighted by Gasteiger charge is -2.07. The molecule has 0 bridgehead atoms. The number of hydrogen-bond acceptors (Lipinski definition) is 2. The summed E-state index contributed by atoms with van der Waals surface area (Å²) in [6, 6.07) is 19.3. The molecule has 2 aromatic rings. The summed E-state index contributed by atoms with van der Waals surface area (Å²) in [5.41, 5.74) is 3.75. The summed E-state index contributed by atoms with van der Waals surface area (Å²) < 4.78 is 0. The van der Waals surface area contributed by atoms with Crippen molar-refractivity contribution in [3.05, 3.63) is 60.2 Å². The molecule has 0 heterocycles. The van der Waals surface area contributed by atoms with E-state index in [4.69, 9.17) is 5.11 Å². The van der Waals surface area contributed by atoms with Crippen LogP contribution >= 0.6 is 0 Å². The van der Waals surface area contributed by atoms with Crippen LogP contribution in [0.5, 0.6) is 0 Å². The van der Waals surface area contributed by atoms with Crippen molar-refractivity contribution in [1.82, 2.24) is 0 Å². The van der Waals surface area contributed by atoms with Crippen LogP contribution in [0.3, 0.4) is 0 Å². The number of aliphatic hydroxyl groups is 1. The molecule has 0 aliphatic heterocycles. The van der Waals surface area contributed by atoms with Gasteiger partial charge in [0.2, 0.25) is 0 Å². The van der Waals surface area contributed by atoms with Crippen LogP contribution in [0.4, 0.5) is 11.4 Å². The first kappa shape index (κ1) is 25.5. The Morgan fingerprint density at radius 1 is 0.452 bits per heavy atom. The fourth-order valence-electron chi connectivity index (χ4n) is 4.18. The van der Waals surface area contributed by atoms with Crippen LogP contribution in [0.1, 0.15) is 102 Å². The molecular formula is C29H45NO. The number of hydrogen-bond donors (Lipinski definition) is 2. The van der Waals surface area contributed by atoms with Crippen LogP contribution < -0.4 is 5.32 Å². The van der Waals surface area contributed by atoms with Gasteiger partial charge in [0.1, 0.15) is 0 Å². The van der Waals surface area contributed by atoms with Crippen molar-refractivity contribution in [3.8, 4) is 0 Å². The summed E-state index contributed by atoms with van der Waals surface area (Å²) in [7, 11) is 0. The monoisotopic (exact) mass is 423 g/mol. The summed E-state index contributed by atoms with van der Waals surface area (Å²) in [5, 5.41) is 12.2. The molecule has 2 N–H and O–H groups in total. The van der Waals surface area contributed by atoms with Crippen molar-refractivity contribution < 1.29 is 5.11 Å². The first-order valence-electron chi connectivity index (χ1n) is 12.9. The Balaban J connectivity index is 1.36. The van der Waals surface area contributed by atoms with Gasteiger partial charge in [0, 0.05) is 18.0 Å². The molecule has 0 aliphatic carbocycles. The van der Waals surface area contributed by atoms with Gasteiger partial charge < -0.3 is 10.4 Å². The van der Waals surface area contributed by atoms with E-state index in [1.807, 2.05) is 6.07 Å². The van der Waals surface area contributed by atoms with E-state index in [1.54, 1.807) is 0 Å². The molecule has 0 amide bonds. The normalized spacial score (nSPS) is 11.0. The second-order valence-corrected chi connectivity index (χ2v) is 8.96. The van der Waals surface area contributed by atoms with Gasteiger partial charge in [-0.2, -0.15) is 0 Å². The number of aryl methyl sites for hydroxylation is 1. The van der Waals surface area contributed by atoms with E-state index in [0.29, 0.717) is 6.61 Å². The largest absolute Gasteiger partial charge is 0.396 e. The standard InChI is InChI=1S/C29H45NO/c31-26-18-13-11-9-7-5-3-1-2-4-6-8-10-12-15-19-27-22-24-29(25-23-27)30-28-20-16-14-17-21-28/h14,16-17,20-25,30-31H,1-13,15,18-19,26H2. The number of nitrogens with one attached hydrogen (secondary N) is 1. The summed E-state index contributed by atoms with van der Waals surface area (Å²) in [4.78, 5) is 0. The van der Waals surface area contributed by atoms with Crippen molar-refractivity contribution in [3.63, 3.8) is 0 Å². The third kappa shape index (κ3) is 13.3. The molecule has 2 aromatic carbocycles. The van der Waals surface area contributed by atoms with E-state index in [9.17, 15) is 0 Å². The van der Waals surface area contributed by atoms with Crippen LogP contribution in [-0.4, -0.2) is 11.7 Å². The van der Waals surface area contributed by atoms with Gasteiger partial charge in [0.05, 0.1) is 0 Å². The van der Waals surface area contributed by atoms with Gasteiger partial charge >= 0.3 is 0 Å². The molecule has 0 aliphatic rings. The van der Waals surface area contributed by atoms with E-state index in [-0.39, 0.29) is 0 Å². The Kier molecular flexibility index (Phi) is 14.7. The quantitative estimate of drug-likeness (QED) is 0.221. The molecule has 0 saturated carbocycles. The molecule has 0 radical (unpaired) electrons. The summed E-state index contributed by atoms with van der Waals surface area (Å²) in [5.74, 6) is 0. The zero-order chi connectivity index (χ0) is 21.8. The molecule has 0 spiro atoms.